The molecule has 1 aliphatic heterocycles. The van der Waals surface area contributed by atoms with E-state index in [0.717, 1.165) is 61.3 Å². The van der Waals surface area contributed by atoms with E-state index >= 15 is 0 Å². The van der Waals surface area contributed by atoms with Crippen LogP contribution in [0.3, 0.4) is 0 Å². The Bertz CT molecular complexity index is 1000. The first-order valence-corrected chi connectivity index (χ1v) is 11.6. The maximum absolute atomic E-state index is 14.5. The van der Waals surface area contributed by atoms with Gasteiger partial charge in [-0.05, 0) is 74.6 Å². The molecule has 2 heterocycles. The number of ketones is 1. The second-order valence-electron chi connectivity index (χ2n) is 9.38. The predicted octanol–water partition coefficient (Wildman–Crippen LogP) is 4.10. The maximum Gasteiger partial charge on any atom is 0.226 e. The van der Waals surface area contributed by atoms with Gasteiger partial charge in [0.15, 0.2) is 5.78 Å². The number of carbonyl (C=O) groups is 2. The zero-order chi connectivity index (χ0) is 22.8. The molecule has 1 aliphatic carbocycles. The molecule has 5 nitrogen and oxygen atoms in total. The lowest BCUT2D eigenvalue weighted by Gasteiger charge is -2.42. The maximum atomic E-state index is 14.5. The van der Waals surface area contributed by atoms with E-state index < -0.39 is 0 Å². The lowest BCUT2D eigenvalue weighted by Crippen LogP contribution is -2.55. The summed E-state index contributed by atoms with van der Waals surface area (Å²) in [5.74, 6) is 0.145. The second-order valence-corrected chi connectivity index (χ2v) is 9.38. The number of aryl methyl sites for hydroxylation is 1. The lowest BCUT2D eigenvalue weighted by molar-refractivity contribution is -0.142. The number of halogens is 1. The van der Waals surface area contributed by atoms with Crippen LogP contribution in [0.4, 0.5) is 4.39 Å². The summed E-state index contributed by atoms with van der Waals surface area (Å²) in [4.78, 5) is 33.9. The van der Waals surface area contributed by atoms with E-state index in [1.165, 1.54) is 6.07 Å². The van der Waals surface area contributed by atoms with Crippen LogP contribution >= 0.6 is 0 Å². The standard InChI is InChI=1S/C26H32FN3O2/c1-17-7-8-21(14-28-17)25(31)13-22-11-24(27)12-23(19(22)3)16-29-9-10-30(18(2)15-29)26(32)20-5-4-6-20/h7-8,11-12,14,18,20H,4-6,9-10,13,15-16H2,1-3H3/t18-/m0/s1. The third-order valence-corrected chi connectivity index (χ3v) is 7.01. The van der Waals surface area contributed by atoms with Gasteiger partial charge in [-0.1, -0.05) is 6.42 Å². The molecule has 1 saturated heterocycles. The first-order valence-electron chi connectivity index (χ1n) is 11.6. The summed E-state index contributed by atoms with van der Waals surface area (Å²) in [5.41, 5.74) is 3.98. The van der Waals surface area contributed by atoms with Crippen LogP contribution in [0.25, 0.3) is 0 Å². The fraction of sp³-hybridized carbons (Fsp3) is 0.500. The summed E-state index contributed by atoms with van der Waals surface area (Å²) in [6.45, 7) is 8.83. The number of rotatable bonds is 6. The molecule has 2 fully saturated rings. The molecule has 2 aromatic rings. The molecule has 1 atom stereocenters. The van der Waals surface area contributed by atoms with Gasteiger partial charge in [0.25, 0.3) is 0 Å². The molecule has 6 heteroatoms. The molecule has 170 valence electrons. The number of pyridine rings is 1. The summed E-state index contributed by atoms with van der Waals surface area (Å²) in [5, 5.41) is 0. The molecule has 0 unspecified atom stereocenters. The highest BCUT2D eigenvalue weighted by atomic mass is 19.1. The molecule has 4 rings (SSSR count). The molecule has 32 heavy (non-hydrogen) atoms. The molecule has 0 radical (unpaired) electrons. The van der Waals surface area contributed by atoms with Crippen molar-refractivity contribution in [1.29, 1.82) is 0 Å². The number of Topliss-reactive ketones (excluding diaryl/α,β-unsaturated/α-hetero) is 1. The Morgan fingerprint density at radius 2 is 1.88 bits per heavy atom. The molecule has 0 bridgehead atoms. The molecule has 1 aromatic carbocycles. The van der Waals surface area contributed by atoms with Crippen LogP contribution < -0.4 is 0 Å². The number of carbonyl (C=O) groups excluding carboxylic acids is 2. The second kappa shape index (κ2) is 9.49. The molecule has 0 N–H and O–H groups in total. The number of piperazine rings is 1. The highest BCUT2D eigenvalue weighted by Gasteiger charge is 2.34. The SMILES string of the molecule is Cc1ccc(C(=O)Cc2cc(F)cc(CN3CCN(C(=O)C4CCC4)[C@@H](C)C3)c2C)cn1. The highest BCUT2D eigenvalue weighted by molar-refractivity contribution is 5.97. The summed E-state index contributed by atoms with van der Waals surface area (Å²) in [6, 6.07) is 6.78. The number of hydrogen-bond acceptors (Lipinski definition) is 4. The third kappa shape index (κ3) is 4.90. The van der Waals surface area contributed by atoms with Crippen LogP contribution in [-0.2, 0) is 17.8 Å². The minimum atomic E-state index is -0.317. The van der Waals surface area contributed by atoms with E-state index in [9.17, 15) is 14.0 Å². The minimum Gasteiger partial charge on any atom is -0.337 e. The Kier molecular flexibility index (Phi) is 6.70. The Morgan fingerprint density at radius 1 is 1.12 bits per heavy atom. The molecule has 0 spiro atoms. The minimum absolute atomic E-state index is 0.0612. The van der Waals surface area contributed by atoms with Gasteiger partial charge in [0, 0.05) is 62.0 Å². The monoisotopic (exact) mass is 437 g/mol. The lowest BCUT2D eigenvalue weighted by atomic mass is 9.84. The van der Waals surface area contributed by atoms with E-state index in [4.69, 9.17) is 0 Å². The first kappa shape index (κ1) is 22.6. The first-order chi connectivity index (χ1) is 15.3. The Hall–Kier alpha value is -2.60. The number of hydrogen-bond donors (Lipinski definition) is 0. The van der Waals surface area contributed by atoms with E-state index in [1.807, 2.05) is 24.8 Å². The average Bonchev–Trinajstić information content (AvgIpc) is 2.70. The Labute approximate surface area is 189 Å². The Morgan fingerprint density at radius 3 is 2.50 bits per heavy atom. The fourth-order valence-electron chi connectivity index (χ4n) is 4.69. The largest absolute Gasteiger partial charge is 0.337 e. The smallest absolute Gasteiger partial charge is 0.226 e. The summed E-state index contributed by atoms with van der Waals surface area (Å²) < 4.78 is 14.5. The van der Waals surface area contributed by atoms with Crippen LogP contribution in [0.5, 0.6) is 0 Å². The van der Waals surface area contributed by atoms with Crippen molar-refractivity contribution in [2.75, 3.05) is 19.6 Å². The van der Waals surface area contributed by atoms with Gasteiger partial charge in [0.1, 0.15) is 5.82 Å². The van der Waals surface area contributed by atoms with Crippen molar-refractivity contribution in [1.82, 2.24) is 14.8 Å². The normalized spacial score (nSPS) is 19.6. The van der Waals surface area contributed by atoms with Gasteiger partial charge in [-0.2, -0.15) is 0 Å². The van der Waals surface area contributed by atoms with Gasteiger partial charge in [0.05, 0.1) is 0 Å². The average molecular weight is 438 g/mol. The number of aromatic nitrogens is 1. The molecule has 1 amide bonds. The van der Waals surface area contributed by atoms with Gasteiger partial charge in [-0.25, -0.2) is 4.39 Å². The fourth-order valence-corrected chi connectivity index (χ4v) is 4.69. The van der Waals surface area contributed by atoms with Crippen LogP contribution in [0.1, 0.15) is 58.9 Å². The van der Waals surface area contributed by atoms with E-state index in [1.54, 1.807) is 18.3 Å². The van der Waals surface area contributed by atoms with Crippen LogP contribution in [0.15, 0.2) is 30.5 Å². The van der Waals surface area contributed by atoms with Crippen molar-refractivity contribution < 1.29 is 14.0 Å². The van der Waals surface area contributed by atoms with Crippen molar-refractivity contribution in [3.05, 3.63) is 64.2 Å². The summed E-state index contributed by atoms with van der Waals surface area (Å²) >= 11 is 0. The van der Waals surface area contributed by atoms with Gasteiger partial charge in [0.2, 0.25) is 5.91 Å². The molecular weight excluding hydrogens is 405 g/mol. The van der Waals surface area contributed by atoms with Gasteiger partial charge in [-0.15, -0.1) is 0 Å². The van der Waals surface area contributed by atoms with Crippen LogP contribution in [0.2, 0.25) is 0 Å². The molecular formula is C26H32FN3O2. The summed E-state index contributed by atoms with van der Waals surface area (Å²) in [7, 11) is 0. The van der Waals surface area contributed by atoms with Crippen molar-refractivity contribution >= 4 is 11.7 Å². The van der Waals surface area contributed by atoms with Gasteiger partial charge in [-0.3, -0.25) is 19.5 Å². The molecule has 2 aliphatic rings. The van der Waals surface area contributed by atoms with Crippen molar-refractivity contribution in [3.63, 3.8) is 0 Å². The predicted molar refractivity (Wildman–Crippen MR) is 122 cm³/mol. The summed E-state index contributed by atoms with van der Waals surface area (Å²) in [6.07, 6.45) is 4.94. The highest BCUT2D eigenvalue weighted by Crippen LogP contribution is 2.30. The van der Waals surface area contributed by atoms with Gasteiger partial charge >= 0.3 is 0 Å². The van der Waals surface area contributed by atoms with E-state index in [2.05, 4.69) is 16.8 Å². The topological polar surface area (TPSA) is 53.5 Å². The van der Waals surface area contributed by atoms with E-state index in [-0.39, 0.29) is 30.0 Å². The van der Waals surface area contributed by atoms with Crippen molar-refractivity contribution in [2.45, 2.75) is 59.0 Å². The Balaban J connectivity index is 1.43. The van der Waals surface area contributed by atoms with Crippen LogP contribution in [-0.4, -0.2) is 52.2 Å². The van der Waals surface area contributed by atoms with Crippen LogP contribution in [0, 0.1) is 25.6 Å². The zero-order valence-electron chi connectivity index (χ0n) is 19.2. The van der Waals surface area contributed by atoms with Gasteiger partial charge < -0.3 is 4.90 Å². The van der Waals surface area contributed by atoms with Crippen molar-refractivity contribution in [2.24, 2.45) is 5.92 Å². The van der Waals surface area contributed by atoms with Crippen molar-refractivity contribution in [3.8, 4) is 0 Å². The number of nitrogens with zero attached hydrogens (tertiary/aromatic N) is 3. The molecule has 1 aromatic heterocycles. The number of benzene rings is 1. The van der Waals surface area contributed by atoms with E-state index in [0.29, 0.717) is 18.0 Å². The number of amides is 1. The molecule has 1 saturated carbocycles. The quantitative estimate of drug-likeness (QED) is 0.639. The third-order valence-electron chi connectivity index (χ3n) is 7.01. The zero-order valence-corrected chi connectivity index (χ0v) is 19.2.